The highest BCUT2D eigenvalue weighted by Gasteiger charge is 2.29. The van der Waals surface area contributed by atoms with E-state index in [0.29, 0.717) is 24.6 Å². The number of hydrogen-bond acceptors (Lipinski definition) is 4. The zero-order valence-electron chi connectivity index (χ0n) is 12.9. The molecule has 0 radical (unpaired) electrons. The number of H-pyrrole nitrogens is 1. The van der Waals surface area contributed by atoms with Crippen LogP contribution in [0.1, 0.15) is 49.1 Å². The Labute approximate surface area is 130 Å². The fourth-order valence-electron chi connectivity index (χ4n) is 2.32. The monoisotopic (exact) mass is 314 g/mol. The van der Waals surface area contributed by atoms with Crippen molar-refractivity contribution in [2.24, 2.45) is 5.73 Å². The molecule has 1 saturated heterocycles. The van der Waals surface area contributed by atoms with Crippen molar-refractivity contribution in [2.45, 2.75) is 45.6 Å². The molecule has 0 aliphatic carbocycles. The van der Waals surface area contributed by atoms with E-state index >= 15 is 0 Å². The first-order chi connectivity index (χ1) is 9.20. The number of likely N-dealkylation sites (tertiary alicyclic amines) is 1. The molecule has 2 rings (SSSR count). The van der Waals surface area contributed by atoms with E-state index in [2.05, 4.69) is 9.97 Å². The maximum atomic E-state index is 12.4. The second-order valence-electron chi connectivity index (χ2n) is 6.42. The number of nitrogens with zero attached hydrogens (tertiary/aromatic N) is 2. The van der Waals surface area contributed by atoms with Gasteiger partial charge in [0.05, 0.1) is 5.69 Å². The molecule has 1 aliphatic heterocycles. The molecule has 6 nitrogen and oxygen atoms in total. The number of halogens is 1. The Bertz CT molecular complexity index is 592. The SMILES string of the molecule is Cc1nc(C(C)(C)C)[nH]c(=O)c1C(=O)N1CC[C@@H](N)C1.Cl. The van der Waals surface area contributed by atoms with Crippen molar-refractivity contribution < 1.29 is 4.79 Å². The predicted molar refractivity (Wildman–Crippen MR) is 84.0 cm³/mol. The molecule has 7 heteroatoms. The molecule has 0 bridgehead atoms. The number of carbonyl (C=O) groups is 1. The second-order valence-corrected chi connectivity index (χ2v) is 6.42. The predicted octanol–water partition coefficient (Wildman–Crippen LogP) is 0.971. The van der Waals surface area contributed by atoms with Gasteiger partial charge in [-0.2, -0.15) is 0 Å². The summed E-state index contributed by atoms with van der Waals surface area (Å²) < 4.78 is 0. The van der Waals surface area contributed by atoms with E-state index in [1.165, 1.54) is 0 Å². The zero-order valence-corrected chi connectivity index (χ0v) is 13.7. The second kappa shape index (κ2) is 6.15. The number of rotatable bonds is 1. The lowest BCUT2D eigenvalue weighted by atomic mass is 9.95. The number of aromatic nitrogens is 2. The first-order valence-electron chi connectivity index (χ1n) is 6.86. The van der Waals surface area contributed by atoms with Crippen LogP contribution in [0.3, 0.4) is 0 Å². The van der Waals surface area contributed by atoms with E-state index in [-0.39, 0.29) is 40.9 Å². The average molecular weight is 315 g/mol. The molecule has 1 amide bonds. The van der Waals surface area contributed by atoms with Gasteiger partial charge in [0.15, 0.2) is 0 Å². The lowest BCUT2D eigenvalue weighted by Gasteiger charge is -2.20. The number of nitrogens with one attached hydrogen (secondary N) is 1. The number of hydrogen-bond donors (Lipinski definition) is 2. The van der Waals surface area contributed by atoms with Crippen LogP contribution in [0, 0.1) is 6.92 Å². The lowest BCUT2D eigenvalue weighted by molar-refractivity contribution is 0.0787. The van der Waals surface area contributed by atoms with Crippen LogP contribution in [0.4, 0.5) is 0 Å². The first kappa shape index (κ1) is 17.7. The van der Waals surface area contributed by atoms with Crippen molar-refractivity contribution in [3.05, 3.63) is 27.4 Å². The van der Waals surface area contributed by atoms with Crippen molar-refractivity contribution in [1.29, 1.82) is 0 Å². The Morgan fingerprint density at radius 3 is 2.48 bits per heavy atom. The van der Waals surface area contributed by atoms with E-state index < -0.39 is 0 Å². The average Bonchev–Trinajstić information content (AvgIpc) is 2.73. The number of aromatic amines is 1. The van der Waals surface area contributed by atoms with Gasteiger partial charge in [-0.1, -0.05) is 20.8 Å². The Kier molecular flexibility index (Phi) is 5.17. The smallest absolute Gasteiger partial charge is 0.264 e. The Hall–Kier alpha value is -1.40. The number of aryl methyl sites for hydroxylation is 1. The van der Waals surface area contributed by atoms with Crippen molar-refractivity contribution >= 4 is 18.3 Å². The molecule has 1 aliphatic rings. The van der Waals surface area contributed by atoms with E-state index in [4.69, 9.17) is 5.73 Å². The van der Waals surface area contributed by atoms with Crippen LogP contribution >= 0.6 is 12.4 Å². The summed E-state index contributed by atoms with van der Waals surface area (Å²) in [7, 11) is 0. The number of carbonyl (C=O) groups excluding carboxylic acids is 1. The van der Waals surface area contributed by atoms with Crippen molar-refractivity contribution in [3.63, 3.8) is 0 Å². The van der Waals surface area contributed by atoms with E-state index in [1.54, 1.807) is 11.8 Å². The number of amides is 1. The Morgan fingerprint density at radius 2 is 2.05 bits per heavy atom. The first-order valence-corrected chi connectivity index (χ1v) is 6.86. The third kappa shape index (κ3) is 3.63. The molecular weight excluding hydrogens is 292 g/mol. The summed E-state index contributed by atoms with van der Waals surface area (Å²) in [5.41, 5.74) is 5.78. The molecule has 2 heterocycles. The molecule has 0 unspecified atom stereocenters. The molecule has 118 valence electrons. The maximum Gasteiger partial charge on any atom is 0.264 e. The highest BCUT2D eigenvalue weighted by Crippen LogP contribution is 2.18. The molecular formula is C14H23ClN4O2. The minimum absolute atomic E-state index is 0. The van der Waals surface area contributed by atoms with Gasteiger partial charge >= 0.3 is 0 Å². The summed E-state index contributed by atoms with van der Waals surface area (Å²) >= 11 is 0. The van der Waals surface area contributed by atoms with Crippen LogP contribution in [0.15, 0.2) is 4.79 Å². The molecule has 3 N–H and O–H groups in total. The summed E-state index contributed by atoms with van der Waals surface area (Å²) in [4.78, 5) is 33.4. The maximum absolute atomic E-state index is 12.4. The Balaban J connectivity index is 0.00000220. The van der Waals surface area contributed by atoms with Gasteiger partial charge in [-0.25, -0.2) is 4.98 Å². The fourth-order valence-corrected chi connectivity index (χ4v) is 2.32. The van der Waals surface area contributed by atoms with Crippen LogP contribution < -0.4 is 11.3 Å². The number of nitrogens with two attached hydrogens (primary N) is 1. The molecule has 1 aromatic rings. The highest BCUT2D eigenvalue weighted by atomic mass is 35.5. The van der Waals surface area contributed by atoms with Crippen LogP contribution in [0.5, 0.6) is 0 Å². The fraction of sp³-hybridized carbons (Fsp3) is 0.643. The van der Waals surface area contributed by atoms with Gasteiger partial charge < -0.3 is 15.6 Å². The highest BCUT2D eigenvalue weighted by molar-refractivity contribution is 5.95. The van der Waals surface area contributed by atoms with Gasteiger partial charge in [0.2, 0.25) is 0 Å². The molecule has 1 atom stereocenters. The molecule has 0 saturated carbocycles. The van der Waals surface area contributed by atoms with E-state index in [9.17, 15) is 9.59 Å². The summed E-state index contributed by atoms with van der Waals surface area (Å²) in [5, 5.41) is 0. The summed E-state index contributed by atoms with van der Waals surface area (Å²) in [6.07, 6.45) is 0.774. The minimum Gasteiger partial charge on any atom is -0.337 e. The van der Waals surface area contributed by atoms with Gasteiger partial charge in [-0.05, 0) is 13.3 Å². The summed E-state index contributed by atoms with van der Waals surface area (Å²) in [5.74, 6) is 0.319. The largest absolute Gasteiger partial charge is 0.337 e. The quantitative estimate of drug-likeness (QED) is 0.808. The van der Waals surface area contributed by atoms with Gasteiger partial charge in [-0.3, -0.25) is 9.59 Å². The third-order valence-electron chi connectivity index (χ3n) is 3.54. The van der Waals surface area contributed by atoms with Gasteiger partial charge in [-0.15, -0.1) is 12.4 Å². The molecule has 0 aromatic carbocycles. The van der Waals surface area contributed by atoms with Gasteiger partial charge in [0.1, 0.15) is 11.4 Å². The van der Waals surface area contributed by atoms with E-state index in [1.807, 2.05) is 20.8 Å². The van der Waals surface area contributed by atoms with Crippen LogP contribution in [0.25, 0.3) is 0 Å². The zero-order chi connectivity index (χ0) is 15.1. The lowest BCUT2D eigenvalue weighted by Crippen LogP contribution is -2.37. The van der Waals surface area contributed by atoms with E-state index in [0.717, 1.165) is 6.42 Å². The third-order valence-corrected chi connectivity index (χ3v) is 3.54. The molecule has 0 spiro atoms. The minimum atomic E-state index is -0.368. The molecule has 21 heavy (non-hydrogen) atoms. The standard InChI is InChI=1S/C14H22N4O2.ClH/c1-8-10(12(20)18-6-5-9(15)7-18)11(19)17-13(16-8)14(2,3)4;/h9H,5-7,15H2,1-4H3,(H,16,17,19);1H/t9-;/m1./s1. The van der Waals surface area contributed by atoms with Crippen molar-refractivity contribution in [1.82, 2.24) is 14.9 Å². The Morgan fingerprint density at radius 1 is 1.43 bits per heavy atom. The van der Waals surface area contributed by atoms with Crippen LogP contribution in [-0.4, -0.2) is 39.9 Å². The summed E-state index contributed by atoms with van der Waals surface area (Å²) in [6, 6.07) is 0.000135. The topological polar surface area (TPSA) is 92.1 Å². The van der Waals surface area contributed by atoms with Crippen LogP contribution in [-0.2, 0) is 5.41 Å². The molecule has 1 fully saturated rings. The normalized spacial score (nSPS) is 18.5. The van der Waals surface area contributed by atoms with Gasteiger partial charge in [0, 0.05) is 24.5 Å². The van der Waals surface area contributed by atoms with Crippen molar-refractivity contribution in [3.8, 4) is 0 Å². The summed E-state index contributed by atoms with van der Waals surface area (Å²) in [6.45, 7) is 8.69. The van der Waals surface area contributed by atoms with Crippen molar-refractivity contribution in [2.75, 3.05) is 13.1 Å². The van der Waals surface area contributed by atoms with Gasteiger partial charge in [0.25, 0.3) is 11.5 Å². The van der Waals surface area contributed by atoms with Crippen LogP contribution in [0.2, 0.25) is 0 Å². The molecule has 1 aromatic heterocycles.